The van der Waals surface area contributed by atoms with Crippen molar-refractivity contribution in [3.8, 4) is 0 Å². The lowest BCUT2D eigenvalue weighted by Gasteiger charge is -2.18. The molecule has 1 heterocycles. The van der Waals surface area contributed by atoms with Crippen LogP contribution in [0.4, 0.5) is 15.8 Å². The number of anilines is 2. The number of carbonyl (C=O) groups is 1. The fourth-order valence-electron chi connectivity index (χ4n) is 1.92. The highest BCUT2D eigenvalue weighted by atomic mass is 19.1. The number of carbonyl (C=O) groups excluding carboxylic acids is 1. The van der Waals surface area contributed by atoms with Gasteiger partial charge in [0.15, 0.2) is 0 Å². The van der Waals surface area contributed by atoms with E-state index in [0.29, 0.717) is 30.9 Å². The van der Waals surface area contributed by atoms with E-state index >= 15 is 0 Å². The fourth-order valence-corrected chi connectivity index (χ4v) is 1.92. The quantitative estimate of drug-likeness (QED) is 0.725. The Labute approximate surface area is 93.0 Å². The van der Waals surface area contributed by atoms with E-state index in [-0.39, 0.29) is 11.8 Å². The van der Waals surface area contributed by atoms with Crippen molar-refractivity contribution in [2.45, 2.75) is 6.42 Å². The van der Waals surface area contributed by atoms with Crippen molar-refractivity contribution in [3.63, 3.8) is 0 Å². The number of nitrogens with zero attached hydrogens (tertiary/aromatic N) is 1. The summed E-state index contributed by atoms with van der Waals surface area (Å²) < 4.78 is 13.1. The van der Waals surface area contributed by atoms with Gasteiger partial charge >= 0.3 is 0 Å². The highest BCUT2D eigenvalue weighted by Crippen LogP contribution is 2.29. The minimum Gasteiger partial charge on any atom is -0.397 e. The molecule has 4 N–H and O–H groups in total. The first-order chi connectivity index (χ1) is 7.61. The van der Waals surface area contributed by atoms with Gasteiger partial charge in [-0.1, -0.05) is 0 Å². The number of nitrogen functional groups attached to an aromatic ring is 1. The van der Waals surface area contributed by atoms with E-state index in [1.54, 1.807) is 0 Å². The van der Waals surface area contributed by atoms with E-state index in [1.807, 2.05) is 0 Å². The zero-order chi connectivity index (χ0) is 11.7. The van der Waals surface area contributed by atoms with E-state index in [1.165, 1.54) is 23.1 Å². The SMILES string of the molecule is NCC1CC(=O)N(c2cc(F)ccc2N)C1. The van der Waals surface area contributed by atoms with Crippen LogP contribution in [0.2, 0.25) is 0 Å². The molecule has 2 rings (SSSR count). The molecule has 0 spiro atoms. The minimum atomic E-state index is -0.395. The van der Waals surface area contributed by atoms with Crippen LogP contribution in [0.15, 0.2) is 18.2 Å². The van der Waals surface area contributed by atoms with Crippen LogP contribution in [0.3, 0.4) is 0 Å². The summed E-state index contributed by atoms with van der Waals surface area (Å²) in [5.41, 5.74) is 12.1. The third-order valence-corrected chi connectivity index (χ3v) is 2.82. The molecule has 0 bridgehead atoms. The Morgan fingerprint density at radius 1 is 1.50 bits per heavy atom. The second-order valence-electron chi connectivity index (χ2n) is 4.01. The van der Waals surface area contributed by atoms with Crippen LogP contribution in [-0.4, -0.2) is 19.0 Å². The summed E-state index contributed by atoms with van der Waals surface area (Å²) in [5, 5.41) is 0. The first kappa shape index (κ1) is 10.9. The second kappa shape index (κ2) is 4.09. The average Bonchev–Trinajstić information content (AvgIpc) is 2.63. The first-order valence-electron chi connectivity index (χ1n) is 5.17. The standard InChI is InChI=1S/C11H14FN3O/c12-8-1-2-9(14)10(4-8)15-6-7(5-13)3-11(15)16/h1-2,4,7H,3,5-6,13-14H2. The lowest BCUT2D eigenvalue weighted by Crippen LogP contribution is -2.26. The molecule has 1 aromatic rings. The van der Waals surface area contributed by atoms with Crippen molar-refractivity contribution in [1.82, 2.24) is 0 Å². The van der Waals surface area contributed by atoms with E-state index < -0.39 is 5.82 Å². The van der Waals surface area contributed by atoms with Gasteiger partial charge in [-0.25, -0.2) is 4.39 Å². The summed E-state index contributed by atoms with van der Waals surface area (Å²) in [5.74, 6) is -0.309. The summed E-state index contributed by atoms with van der Waals surface area (Å²) in [4.78, 5) is 13.2. The maximum Gasteiger partial charge on any atom is 0.227 e. The van der Waals surface area contributed by atoms with Gasteiger partial charge in [0.2, 0.25) is 5.91 Å². The molecular formula is C11H14FN3O. The Morgan fingerprint density at radius 2 is 2.25 bits per heavy atom. The monoisotopic (exact) mass is 223 g/mol. The van der Waals surface area contributed by atoms with Crippen molar-refractivity contribution >= 4 is 17.3 Å². The molecule has 86 valence electrons. The third kappa shape index (κ3) is 1.86. The van der Waals surface area contributed by atoms with Crippen LogP contribution in [0.25, 0.3) is 0 Å². The second-order valence-corrected chi connectivity index (χ2v) is 4.01. The molecule has 1 fully saturated rings. The molecule has 1 atom stereocenters. The molecule has 1 saturated heterocycles. The Morgan fingerprint density at radius 3 is 2.88 bits per heavy atom. The van der Waals surface area contributed by atoms with Gasteiger partial charge < -0.3 is 16.4 Å². The average molecular weight is 223 g/mol. The number of hydrogen-bond donors (Lipinski definition) is 2. The summed E-state index contributed by atoms with van der Waals surface area (Å²) in [7, 11) is 0. The van der Waals surface area contributed by atoms with Crippen molar-refractivity contribution in [2.24, 2.45) is 11.7 Å². The molecule has 16 heavy (non-hydrogen) atoms. The molecule has 0 saturated carbocycles. The highest BCUT2D eigenvalue weighted by molar-refractivity contribution is 5.98. The molecule has 1 aromatic carbocycles. The summed E-state index contributed by atoms with van der Waals surface area (Å²) in [6.07, 6.45) is 0.409. The van der Waals surface area contributed by atoms with Crippen LogP contribution in [0.5, 0.6) is 0 Å². The van der Waals surface area contributed by atoms with Gasteiger partial charge in [0.05, 0.1) is 11.4 Å². The predicted molar refractivity (Wildman–Crippen MR) is 60.3 cm³/mol. The molecule has 1 unspecified atom stereocenters. The molecule has 4 nitrogen and oxygen atoms in total. The number of hydrogen-bond acceptors (Lipinski definition) is 3. The number of halogens is 1. The van der Waals surface area contributed by atoms with Gasteiger partial charge in [-0.2, -0.15) is 0 Å². The smallest absolute Gasteiger partial charge is 0.227 e. The zero-order valence-electron chi connectivity index (χ0n) is 8.82. The van der Waals surface area contributed by atoms with Crippen molar-refractivity contribution in [3.05, 3.63) is 24.0 Å². The predicted octanol–water partition coefficient (Wildman–Crippen LogP) is 0.720. The van der Waals surface area contributed by atoms with Gasteiger partial charge in [-0.05, 0) is 30.7 Å². The molecule has 1 aliphatic rings. The molecule has 1 aliphatic heterocycles. The molecule has 5 heteroatoms. The van der Waals surface area contributed by atoms with E-state index in [2.05, 4.69) is 0 Å². The van der Waals surface area contributed by atoms with Crippen LogP contribution in [-0.2, 0) is 4.79 Å². The maximum absolute atomic E-state index is 13.1. The normalized spacial score (nSPS) is 20.5. The number of benzene rings is 1. The molecule has 0 aromatic heterocycles. The van der Waals surface area contributed by atoms with E-state index in [9.17, 15) is 9.18 Å². The first-order valence-corrected chi connectivity index (χ1v) is 5.17. The molecule has 0 radical (unpaired) electrons. The Hall–Kier alpha value is -1.62. The van der Waals surface area contributed by atoms with Crippen LogP contribution < -0.4 is 16.4 Å². The number of amides is 1. The van der Waals surface area contributed by atoms with Gasteiger partial charge in [-0.3, -0.25) is 4.79 Å². The Balaban J connectivity index is 2.30. The van der Waals surface area contributed by atoms with Crippen LogP contribution in [0, 0.1) is 11.7 Å². The largest absolute Gasteiger partial charge is 0.397 e. The van der Waals surface area contributed by atoms with E-state index in [4.69, 9.17) is 11.5 Å². The summed E-state index contributed by atoms with van der Waals surface area (Å²) in [6.45, 7) is 0.973. The molecule has 0 aliphatic carbocycles. The Bertz CT molecular complexity index is 422. The van der Waals surface area contributed by atoms with Gasteiger partial charge in [0.25, 0.3) is 0 Å². The van der Waals surface area contributed by atoms with Gasteiger partial charge in [0.1, 0.15) is 5.82 Å². The zero-order valence-corrected chi connectivity index (χ0v) is 8.82. The molecular weight excluding hydrogens is 209 g/mol. The van der Waals surface area contributed by atoms with E-state index in [0.717, 1.165) is 0 Å². The Kier molecular flexibility index (Phi) is 2.78. The van der Waals surface area contributed by atoms with Gasteiger partial charge in [0, 0.05) is 13.0 Å². The topological polar surface area (TPSA) is 72.4 Å². The third-order valence-electron chi connectivity index (χ3n) is 2.82. The highest BCUT2D eigenvalue weighted by Gasteiger charge is 2.30. The summed E-state index contributed by atoms with van der Waals surface area (Å²) in [6, 6.07) is 4.03. The minimum absolute atomic E-state index is 0.0484. The maximum atomic E-state index is 13.1. The summed E-state index contributed by atoms with van der Waals surface area (Å²) >= 11 is 0. The van der Waals surface area contributed by atoms with Crippen LogP contribution >= 0.6 is 0 Å². The number of rotatable bonds is 2. The van der Waals surface area contributed by atoms with Gasteiger partial charge in [-0.15, -0.1) is 0 Å². The van der Waals surface area contributed by atoms with Crippen LogP contribution in [0.1, 0.15) is 6.42 Å². The lowest BCUT2D eigenvalue weighted by atomic mass is 10.1. The lowest BCUT2D eigenvalue weighted by molar-refractivity contribution is -0.117. The van der Waals surface area contributed by atoms with Crippen molar-refractivity contribution < 1.29 is 9.18 Å². The fraction of sp³-hybridized carbons (Fsp3) is 0.364. The van der Waals surface area contributed by atoms with Crippen molar-refractivity contribution in [1.29, 1.82) is 0 Å². The van der Waals surface area contributed by atoms with Crippen molar-refractivity contribution in [2.75, 3.05) is 23.7 Å². The molecule has 1 amide bonds. The number of nitrogens with two attached hydrogens (primary N) is 2.